The molecule has 1 unspecified atom stereocenters. The predicted octanol–water partition coefficient (Wildman–Crippen LogP) is 3.50. The van der Waals surface area contributed by atoms with Crippen LogP contribution in [0.2, 0.25) is 0 Å². The molecule has 0 saturated heterocycles. The Bertz CT molecular complexity index is 1000. The van der Waals surface area contributed by atoms with Crippen molar-refractivity contribution in [3.63, 3.8) is 0 Å². The topological polar surface area (TPSA) is 108 Å². The Morgan fingerprint density at radius 2 is 1.81 bits per heavy atom. The van der Waals surface area contributed by atoms with Crippen molar-refractivity contribution in [2.45, 2.75) is 57.4 Å². The zero-order valence-electron chi connectivity index (χ0n) is 18.8. The van der Waals surface area contributed by atoms with Gasteiger partial charge in [-0.1, -0.05) is 12.1 Å². The summed E-state index contributed by atoms with van der Waals surface area (Å²) in [4.78, 5) is 35.0. The first-order valence-electron chi connectivity index (χ1n) is 11.1. The van der Waals surface area contributed by atoms with E-state index in [0.29, 0.717) is 35.9 Å². The van der Waals surface area contributed by atoms with Crippen molar-refractivity contribution in [2.75, 3.05) is 24.9 Å². The van der Waals surface area contributed by atoms with Gasteiger partial charge >= 0.3 is 12.0 Å². The molecular formula is C24H30N4O4. The molecule has 4 rings (SSSR count). The lowest BCUT2D eigenvalue weighted by Gasteiger charge is -2.34. The Hall–Kier alpha value is -3.16. The summed E-state index contributed by atoms with van der Waals surface area (Å²) in [6, 6.07) is 8.37. The van der Waals surface area contributed by atoms with Crippen molar-refractivity contribution in [2.24, 2.45) is 5.92 Å². The first-order valence-corrected chi connectivity index (χ1v) is 11.1. The molecule has 2 aromatic rings. The van der Waals surface area contributed by atoms with E-state index >= 15 is 0 Å². The molecule has 1 aliphatic heterocycles. The summed E-state index contributed by atoms with van der Waals surface area (Å²) in [5, 5.41) is 0. The third kappa shape index (κ3) is 4.26. The number of anilines is 2. The Morgan fingerprint density at radius 1 is 1.12 bits per heavy atom. The number of nitrogens with zero attached hydrogens (tertiary/aromatic N) is 3. The van der Waals surface area contributed by atoms with E-state index in [9.17, 15) is 9.59 Å². The van der Waals surface area contributed by atoms with Crippen molar-refractivity contribution in [1.82, 2.24) is 9.97 Å². The van der Waals surface area contributed by atoms with Gasteiger partial charge in [0.05, 0.1) is 19.9 Å². The van der Waals surface area contributed by atoms with E-state index in [0.717, 1.165) is 31.4 Å². The number of rotatable bonds is 5. The van der Waals surface area contributed by atoms with Gasteiger partial charge in [0, 0.05) is 24.6 Å². The smallest absolute Gasteiger partial charge is 0.318 e. The standard InChI is InChI=1S/C24H30N4O4/c1-14-12-19-21(22(25)27-24(26-19)32-3)23(30)28(14)18-10-8-17(9-11-18)16-6-4-15(5-7-16)13-20(29)31-2/h8-11,14-16H,4-7,12-13H2,1-3H3,(H2,25,26,27). The minimum atomic E-state index is -0.185. The van der Waals surface area contributed by atoms with Crippen LogP contribution in [0.4, 0.5) is 11.5 Å². The van der Waals surface area contributed by atoms with Gasteiger partial charge in [-0.25, -0.2) is 0 Å². The van der Waals surface area contributed by atoms with E-state index in [1.54, 1.807) is 4.90 Å². The number of ether oxygens (including phenoxy) is 2. The Morgan fingerprint density at radius 3 is 2.44 bits per heavy atom. The number of nitrogen functional groups attached to an aromatic ring is 1. The molecule has 1 aliphatic carbocycles. The maximum Gasteiger partial charge on any atom is 0.318 e. The van der Waals surface area contributed by atoms with Crippen LogP contribution in [0.3, 0.4) is 0 Å². The third-order valence-electron chi connectivity index (χ3n) is 6.71. The Kier molecular flexibility index (Phi) is 6.30. The number of fused-ring (bicyclic) bond motifs is 1. The van der Waals surface area contributed by atoms with Crippen LogP contribution < -0.4 is 15.4 Å². The van der Waals surface area contributed by atoms with Gasteiger partial charge in [-0.15, -0.1) is 0 Å². The van der Waals surface area contributed by atoms with Crippen LogP contribution in [-0.4, -0.2) is 42.1 Å². The molecule has 1 saturated carbocycles. The van der Waals surface area contributed by atoms with Crippen molar-refractivity contribution in [1.29, 1.82) is 0 Å². The van der Waals surface area contributed by atoms with Crippen LogP contribution in [0.1, 0.15) is 66.6 Å². The van der Waals surface area contributed by atoms with Crippen molar-refractivity contribution < 1.29 is 19.1 Å². The summed E-state index contributed by atoms with van der Waals surface area (Å²) in [6.07, 6.45) is 5.27. The average molecular weight is 439 g/mol. The number of hydrogen-bond donors (Lipinski definition) is 1. The van der Waals surface area contributed by atoms with Gasteiger partial charge in [0.2, 0.25) is 0 Å². The Labute approximate surface area is 188 Å². The number of esters is 1. The molecule has 1 aromatic heterocycles. The lowest BCUT2D eigenvalue weighted by Crippen LogP contribution is -2.45. The van der Waals surface area contributed by atoms with Gasteiger partial charge in [-0.05, 0) is 62.1 Å². The molecular weight excluding hydrogens is 408 g/mol. The largest absolute Gasteiger partial charge is 0.469 e. The first-order chi connectivity index (χ1) is 15.4. The lowest BCUT2D eigenvalue weighted by atomic mass is 9.77. The summed E-state index contributed by atoms with van der Waals surface area (Å²) < 4.78 is 9.90. The second-order valence-corrected chi connectivity index (χ2v) is 8.73. The second-order valence-electron chi connectivity index (χ2n) is 8.73. The van der Waals surface area contributed by atoms with Crippen LogP contribution in [0, 0.1) is 5.92 Å². The fraction of sp³-hybridized carbons (Fsp3) is 0.500. The summed E-state index contributed by atoms with van der Waals surface area (Å²) >= 11 is 0. The van der Waals surface area contributed by atoms with Gasteiger partial charge < -0.3 is 20.1 Å². The fourth-order valence-corrected chi connectivity index (χ4v) is 4.96. The van der Waals surface area contributed by atoms with E-state index in [2.05, 4.69) is 22.1 Å². The van der Waals surface area contributed by atoms with Crippen LogP contribution in [0.5, 0.6) is 6.01 Å². The molecule has 0 bridgehead atoms. The van der Waals surface area contributed by atoms with Crippen molar-refractivity contribution in [3.05, 3.63) is 41.1 Å². The molecule has 2 N–H and O–H groups in total. The SMILES string of the molecule is COC(=O)CC1CCC(c2ccc(N3C(=O)c4c(N)nc(OC)nc4CC3C)cc2)CC1. The van der Waals surface area contributed by atoms with Gasteiger partial charge in [-0.2, -0.15) is 9.97 Å². The van der Waals surface area contributed by atoms with Crippen molar-refractivity contribution >= 4 is 23.4 Å². The van der Waals surface area contributed by atoms with E-state index in [1.807, 2.05) is 19.1 Å². The van der Waals surface area contributed by atoms with Gasteiger partial charge in [-0.3, -0.25) is 9.59 Å². The van der Waals surface area contributed by atoms with E-state index in [-0.39, 0.29) is 29.7 Å². The lowest BCUT2D eigenvalue weighted by molar-refractivity contribution is -0.142. The summed E-state index contributed by atoms with van der Waals surface area (Å²) in [5.41, 5.74) is 9.16. The summed E-state index contributed by atoms with van der Waals surface area (Å²) in [7, 11) is 2.93. The monoisotopic (exact) mass is 438 g/mol. The van der Waals surface area contributed by atoms with E-state index in [4.69, 9.17) is 15.2 Å². The number of amides is 1. The van der Waals surface area contributed by atoms with Crippen LogP contribution in [0.25, 0.3) is 0 Å². The number of nitrogens with two attached hydrogens (primary N) is 1. The fourth-order valence-electron chi connectivity index (χ4n) is 4.96. The molecule has 8 nitrogen and oxygen atoms in total. The maximum atomic E-state index is 13.3. The first kappa shape index (κ1) is 22.0. The van der Waals surface area contributed by atoms with Crippen LogP contribution >= 0.6 is 0 Å². The predicted molar refractivity (Wildman–Crippen MR) is 121 cm³/mol. The second kappa shape index (κ2) is 9.14. The van der Waals surface area contributed by atoms with Crippen molar-refractivity contribution in [3.8, 4) is 6.01 Å². The van der Waals surface area contributed by atoms with E-state index < -0.39 is 0 Å². The Balaban J connectivity index is 1.48. The van der Waals surface area contributed by atoms with Crippen LogP contribution in [-0.2, 0) is 16.0 Å². The molecule has 2 heterocycles. The van der Waals surface area contributed by atoms with Gasteiger partial charge in [0.25, 0.3) is 5.91 Å². The highest BCUT2D eigenvalue weighted by Crippen LogP contribution is 2.38. The number of carbonyl (C=O) groups excluding carboxylic acids is 2. The summed E-state index contributed by atoms with van der Waals surface area (Å²) in [6.45, 7) is 2.00. The highest BCUT2D eigenvalue weighted by atomic mass is 16.5. The summed E-state index contributed by atoms with van der Waals surface area (Å²) in [5.74, 6) is 0.731. The van der Waals surface area contributed by atoms with Gasteiger partial charge in [0.15, 0.2) is 0 Å². The number of benzene rings is 1. The number of carbonyl (C=O) groups is 2. The number of aromatic nitrogens is 2. The minimum Gasteiger partial charge on any atom is -0.469 e. The highest BCUT2D eigenvalue weighted by Gasteiger charge is 2.35. The normalized spacial score (nSPS) is 22.9. The average Bonchev–Trinajstić information content (AvgIpc) is 2.79. The van der Waals surface area contributed by atoms with E-state index in [1.165, 1.54) is 19.8 Å². The third-order valence-corrected chi connectivity index (χ3v) is 6.71. The molecule has 0 radical (unpaired) electrons. The molecule has 8 heteroatoms. The maximum absolute atomic E-state index is 13.3. The molecule has 32 heavy (non-hydrogen) atoms. The zero-order valence-corrected chi connectivity index (χ0v) is 18.8. The number of hydrogen-bond acceptors (Lipinski definition) is 7. The highest BCUT2D eigenvalue weighted by molar-refractivity contribution is 6.11. The van der Waals surface area contributed by atoms with Gasteiger partial charge in [0.1, 0.15) is 11.4 Å². The molecule has 0 spiro atoms. The molecule has 1 aromatic carbocycles. The number of methoxy groups -OCH3 is 2. The van der Waals surface area contributed by atoms with Crippen LogP contribution in [0.15, 0.2) is 24.3 Å². The molecule has 170 valence electrons. The molecule has 1 fully saturated rings. The zero-order chi connectivity index (χ0) is 22.8. The molecule has 1 atom stereocenters. The minimum absolute atomic E-state index is 0.0615. The quantitative estimate of drug-likeness (QED) is 0.712. The molecule has 2 aliphatic rings. The molecule has 1 amide bonds.